The molecule has 0 aromatic heterocycles. The molecule has 1 N–H and O–H groups in total. The number of hydrogen-bond donors (Lipinski definition) is 1. The van der Waals surface area contributed by atoms with Gasteiger partial charge in [0.05, 0.1) is 14.2 Å². The van der Waals surface area contributed by atoms with E-state index in [1.165, 1.54) is 39.4 Å². The van der Waals surface area contributed by atoms with Gasteiger partial charge in [0, 0.05) is 18.2 Å². The van der Waals surface area contributed by atoms with E-state index in [0.29, 0.717) is 16.8 Å². The van der Waals surface area contributed by atoms with Crippen LogP contribution in [-0.2, 0) is 14.3 Å². The van der Waals surface area contributed by atoms with Crippen LogP contribution in [-0.4, -0.2) is 38.6 Å². The fraction of sp³-hybridized carbons (Fsp3) is 0.190. The van der Waals surface area contributed by atoms with Crippen molar-refractivity contribution >= 4 is 29.5 Å². The van der Waals surface area contributed by atoms with Gasteiger partial charge in [0.1, 0.15) is 0 Å². The van der Waals surface area contributed by atoms with Crippen molar-refractivity contribution in [3.63, 3.8) is 0 Å². The number of cyclic esters (lactones) is 1. The van der Waals surface area contributed by atoms with Gasteiger partial charge in [0.2, 0.25) is 17.6 Å². The van der Waals surface area contributed by atoms with E-state index in [1.54, 1.807) is 24.3 Å². The van der Waals surface area contributed by atoms with Crippen molar-refractivity contribution in [3.8, 4) is 17.2 Å². The van der Waals surface area contributed by atoms with Crippen LogP contribution in [0.5, 0.6) is 17.2 Å². The maximum Gasteiger partial charge on any atom is 0.387 e. The molecule has 1 amide bonds. The molecule has 1 aliphatic rings. The number of methoxy groups -OCH3 is 2. The summed E-state index contributed by atoms with van der Waals surface area (Å²) < 4.78 is 45.2. The zero-order chi connectivity index (χ0) is 22.5. The van der Waals surface area contributed by atoms with Crippen molar-refractivity contribution in [3.05, 3.63) is 53.2 Å². The Morgan fingerprint density at radius 1 is 1.13 bits per heavy atom. The highest BCUT2D eigenvalue weighted by atomic mass is 19.3. The van der Waals surface area contributed by atoms with Crippen molar-refractivity contribution in [2.75, 3.05) is 19.5 Å². The molecule has 0 unspecified atom stereocenters. The number of aliphatic imine (C=N–C) groups is 1. The van der Waals surface area contributed by atoms with Crippen molar-refractivity contribution in [2.45, 2.75) is 13.5 Å². The molecule has 162 valence electrons. The first kappa shape index (κ1) is 21.8. The minimum Gasteiger partial charge on any atom is -0.493 e. The van der Waals surface area contributed by atoms with E-state index in [0.717, 1.165) is 0 Å². The van der Waals surface area contributed by atoms with Gasteiger partial charge >= 0.3 is 12.6 Å². The van der Waals surface area contributed by atoms with Gasteiger partial charge < -0.3 is 24.3 Å². The third kappa shape index (κ3) is 5.16. The largest absolute Gasteiger partial charge is 0.493 e. The lowest BCUT2D eigenvalue weighted by atomic mass is 10.1. The molecule has 1 heterocycles. The summed E-state index contributed by atoms with van der Waals surface area (Å²) >= 11 is 0. The Hall–Kier alpha value is -3.95. The molecule has 3 rings (SSSR count). The lowest BCUT2D eigenvalue weighted by Gasteiger charge is -2.14. The Labute approximate surface area is 176 Å². The average molecular weight is 432 g/mol. The molecule has 0 aliphatic carbocycles. The van der Waals surface area contributed by atoms with Gasteiger partial charge in [-0.15, -0.1) is 0 Å². The zero-order valence-corrected chi connectivity index (χ0v) is 16.8. The van der Waals surface area contributed by atoms with Gasteiger partial charge in [0.15, 0.2) is 17.2 Å². The van der Waals surface area contributed by atoms with E-state index in [2.05, 4.69) is 15.0 Å². The van der Waals surface area contributed by atoms with Gasteiger partial charge in [0.25, 0.3) is 0 Å². The lowest BCUT2D eigenvalue weighted by Crippen LogP contribution is -2.07. The summed E-state index contributed by atoms with van der Waals surface area (Å²) in [5.74, 6) is -1.08. The predicted octanol–water partition coefficient (Wildman–Crippen LogP) is 3.61. The summed E-state index contributed by atoms with van der Waals surface area (Å²) in [6, 6.07) is 9.37. The Balaban J connectivity index is 1.91. The van der Waals surface area contributed by atoms with E-state index < -0.39 is 12.6 Å². The molecule has 0 saturated carbocycles. The van der Waals surface area contributed by atoms with Gasteiger partial charge in [-0.2, -0.15) is 8.78 Å². The van der Waals surface area contributed by atoms with Crippen LogP contribution in [0.4, 0.5) is 14.5 Å². The predicted molar refractivity (Wildman–Crippen MR) is 108 cm³/mol. The van der Waals surface area contributed by atoms with Gasteiger partial charge in [-0.3, -0.25) is 4.79 Å². The number of anilines is 1. The molecule has 31 heavy (non-hydrogen) atoms. The minimum absolute atomic E-state index is 0.00405. The fourth-order valence-electron chi connectivity index (χ4n) is 2.78. The molecule has 1 aliphatic heterocycles. The molecule has 10 heteroatoms. The van der Waals surface area contributed by atoms with Crippen LogP contribution >= 0.6 is 0 Å². The van der Waals surface area contributed by atoms with Crippen molar-refractivity contribution < 1.29 is 37.3 Å². The maximum atomic E-state index is 12.7. The first-order valence-electron chi connectivity index (χ1n) is 8.92. The van der Waals surface area contributed by atoms with E-state index in [1.807, 2.05) is 0 Å². The van der Waals surface area contributed by atoms with Crippen molar-refractivity contribution in [1.29, 1.82) is 0 Å². The normalized spacial score (nSPS) is 14.3. The number of alkyl halides is 2. The summed E-state index contributed by atoms with van der Waals surface area (Å²) in [4.78, 5) is 27.5. The summed E-state index contributed by atoms with van der Waals surface area (Å²) in [6.45, 7) is -1.68. The van der Waals surface area contributed by atoms with E-state index in [-0.39, 0.29) is 34.8 Å². The van der Waals surface area contributed by atoms with E-state index in [9.17, 15) is 18.4 Å². The second kappa shape index (κ2) is 9.24. The Bertz CT molecular complexity index is 1040. The molecular weight excluding hydrogens is 414 g/mol. The molecular formula is C21H18F2N2O6. The highest BCUT2D eigenvalue weighted by molar-refractivity contribution is 6.13. The van der Waals surface area contributed by atoms with Crippen LogP contribution in [0, 0.1) is 0 Å². The SMILES string of the molecule is COc1cc(/C=C2\N=C(c3ccc(NC(C)=O)cc3)OC2=O)cc(OC)c1OC(F)F. The number of halogens is 2. The number of hydrogen-bond acceptors (Lipinski definition) is 7. The van der Waals surface area contributed by atoms with Crippen molar-refractivity contribution in [2.24, 2.45) is 4.99 Å². The standard InChI is InChI=1S/C21H18F2N2O6/c1-11(26)24-14-6-4-13(5-7-14)19-25-15(20(27)31-19)8-12-9-16(28-2)18(30-21(22)23)17(10-12)29-3/h4-10,21H,1-3H3,(H,24,26)/b15-8-. The Kier molecular flexibility index (Phi) is 6.49. The van der Waals surface area contributed by atoms with Crippen LogP contribution in [0.25, 0.3) is 6.08 Å². The third-order valence-electron chi connectivity index (χ3n) is 4.07. The lowest BCUT2D eigenvalue weighted by molar-refractivity contribution is -0.130. The van der Waals surface area contributed by atoms with E-state index >= 15 is 0 Å². The van der Waals surface area contributed by atoms with E-state index in [4.69, 9.17) is 14.2 Å². The van der Waals surface area contributed by atoms with Crippen LogP contribution < -0.4 is 19.5 Å². The van der Waals surface area contributed by atoms with Crippen molar-refractivity contribution in [1.82, 2.24) is 0 Å². The fourth-order valence-corrected chi connectivity index (χ4v) is 2.78. The number of carbonyl (C=O) groups is 2. The molecule has 0 bridgehead atoms. The Morgan fingerprint density at radius 2 is 1.74 bits per heavy atom. The number of nitrogens with zero attached hydrogens (tertiary/aromatic N) is 1. The second-order valence-corrected chi connectivity index (χ2v) is 6.23. The number of nitrogens with one attached hydrogen (secondary N) is 1. The van der Waals surface area contributed by atoms with Gasteiger partial charge in [-0.05, 0) is 48.0 Å². The topological polar surface area (TPSA) is 95.5 Å². The van der Waals surface area contributed by atoms with Gasteiger partial charge in [-0.25, -0.2) is 9.79 Å². The number of ether oxygens (including phenoxy) is 4. The summed E-state index contributed by atoms with van der Waals surface area (Å²) in [6.07, 6.45) is 1.40. The summed E-state index contributed by atoms with van der Waals surface area (Å²) in [5.41, 5.74) is 1.50. The molecule has 2 aromatic carbocycles. The summed E-state index contributed by atoms with van der Waals surface area (Å²) in [7, 11) is 2.57. The Morgan fingerprint density at radius 3 is 2.26 bits per heavy atom. The number of carbonyl (C=O) groups excluding carboxylic acids is 2. The first-order valence-corrected chi connectivity index (χ1v) is 8.92. The summed E-state index contributed by atoms with van der Waals surface area (Å²) in [5, 5.41) is 2.63. The molecule has 8 nitrogen and oxygen atoms in total. The minimum atomic E-state index is -3.07. The second-order valence-electron chi connectivity index (χ2n) is 6.23. The first-order chi connectivity index (χ1) is 14.8. The number of rotatable bonds is 7. The molecule has 0 radical (unpaired) electrons. The highest BCUT2D eigenvalue weighted by Gasteiger charge is 2.25. The number of esters is 1. The highest BCUT2D eigenvalue weighted by Crippen LogP contribution is 2.40. The number of benzene rings is 2. The molecule has 2 aromatic rings. The number of amides is 1. The maximum absolute atomic E-state index is 12.7. The monoisotopic (exact) mass is 432 g/mol. The molecule has 0 atom stereocenters. The van der Waals surface area contributed by atoms with Crippen LogP contribution in [0.3, 0.4) is 0 Å². The van der Waals surface area contributed by atoms with Gasteiger partial charge in [-0.1, -0.05) is 0 Å². The third-order valence-corrected chi connectivity index (χ3v) is 4.07. The molecule has 0 fully saturated rings. The smallest absolute Gasteiger partial charge is 0.387 e. The quantitative estimate of drug-likeness (QED) is 0.531. The average Bonchev–Trinajstić information content (AvgIpc) is 3.08. The zero-order valence-electron chi connectivity index (χ0n) is 16.8. The molecule has 0 saturated heterocycles. The van der Waals surface area contributed by atoms with Crippen LogP contribution in [0.2, 0.25) is 0 Å². The van der Waals surface area contributed by atoms with Crippen LogP contribution in [0.15, 0.2) is 47.1 Å². The van der Waals surface area contributed by atoms with Crippen LogP contribution in [0.1, 0.15) is 18.1 Å². The molecule has 0 spiro atoms.